The molecule has 6 N–H and O–H groups in total. The van der Waals surface area contributed by atoms with Crippen LogP contribution in [0, 0.1) is 6.92 Å². The van der Waals surface area contributed by atoms with Crippen LogP contribution in [0.15, 0.2) is 84.3 Å². The van der Waals surface area contributed by atoms with E-state index in [4.69, 9.17) is 10.2 Å². The molecule has 5 aromatic heterocycles. The molecule has 216 valence electrons. The van der Waals surface area contributed by atoms with Gasteiger partial charge in [-0.15, -0.1) is 0 Å². The van der Waals surface area contributed by atoms with Gasteiger partial charge in [0.25, 0.3) is 15.8 Å². The maximum absolute atomic E-state index is 13.8. The van der Waals surface area contributed by atoms with E-state index in [2.05, 4.69) is 30.0 Å². The Hall–Kier alpha value is -5.47. The summed E-state index contributed by atoms with van der Waals surface area (Å²) >= 11 is 0. The van der Waals surface area contributed by atoms with Crippen molar-refractivity contribution in [3.8, 4) is 16.8 Å². The second-order valence-electron chi connectivity index (χ2n) is 10.3. The Morgan fingerprint density at radius 3 is 2.63 bits per heavy atom. The van der Waals surface area contributed by atoms with Crippen molar-refractivity contribution in [2.75, 3.05) is 10.0 Å². The third kappa shape index (κ3) is 4.58. The molecule has 5 heterocycles. The van der Waals surface area contributed by atoms with Crippen LogP contribution in [0.2, 0.25) is 0 Å². The Kier molecular flexibility index (Phi) is 6.04. The highest BCUT2D eigenvalue weighted by Gasteiger charge is 2.23. The SMILES string of the molecule is Cc1ccn2nc([C@@H](C)Nc3ncnc4[nH]cc(-c5cc(NS(N)(=O)=O)cc6[nH]ccc56)c34)n(-c3ccccc3)c(=O)c12. The van der Waals surface area contributed by atoms with Crippen LogP contribution in [0.25, 0.3) is 44.3 Å². The molecule has 0 saturated carbocycles. The van der Waals surface area contributed by atoms with Crippen molar-refractivity contribution in [2.45, 2.75) is 19.9 Å². The Bertz CT molecular complexity index is 2340. The lowest BCUT2D eigenvalue weighted by Gasteiger charge is -2.20. The molecule has 43 heavy (non-hydrogen) atoms. The molecule has 0 bridgehead atoms. The van der Waals surface area contributed by atoms with Crippen LogP contribution in [0.4, 0.5) is 11.5 Å². The maximum Gasteiger partial charge on any atom is 0.296 e. The molecule has 1 atom stereocenters. The summed E-state index contributed by atoms with van der Waals surface area (Å²) in [6, 6.07) is 16.0. The number of H-pyrrole nitrogens is 2. The van der Waals surface area contributed by atoms with Gasteiger partial charge in [0.05, 0.1) is 22.8 Å². The molecule has 14 heteroatoms. The highest BCUT2D eigenvalue weighted by Crippen LogP contribution is 2.38. The van der Waals surface area contributed by atoms with Crippen LogP contribution in [0.5, 0.6) is 0 Å². The van der Waals surface area contributed by atoms with Crippen LogP contribution in [-0.2, 0) is 10.2 Å². The van der Waals surface area contributed by atoms with E-state index in [1.54, 1.807) is 39.8 Å². The molecule has 0 aliphatic heterocycles. The first-order valence-corrected chi connectivity index (χ1v) is 14.9. The minimum atomic E-state index is -4.00. The molecule has 0 aliphatic rings. The highest BCUT2D eigenvalue weighted by atomic mass is 32.2. The number of aromatic amines is 2. The van der Waals surface area contributed by atoms with Gasteiger partial charge in [0.2, 0.25) is 0 Å². The summed E-state index contributed by atoms with van der Waals surface area (Å²) in [6.07, 6.45) is 6.79. The van der Waals surface area contributed by atoms with E-state index in [1.165, 1.54) is 6.33 Å². The zero-order chi connectivity index (χ0) is 29.9. The zero-order valence-corrected chi connectivity index (χ0v) is 23.8. The van der Waals surface area contributed by atoms with Crippen molar-refractivity contribution in [3.63, 3.8) is 0 Å². The summed E-state index contributed by atoms with van der Waals surface area (Å²) in [4.78, 5) is 29.1. The third-order valence-corrected chi connectivity index (χ3v) is 7.88. The number of aryl methyl sites for hydroxylation is 1. The normalized spacial score (nSPS) is 12.7. The number of nitrogens with zero attached hydrogens (tertiary/aromatic N) is 5. The number of rotatable bonds is 7. The lowest BCUT2D eigenvalue weighted by Crippen LogP contribution is -2.29. The maximum atomic E-state index is 13.8. The Morgan fingerprint density at radius 1 is 1.02 bits per heavy atom. The fourth-order valence-electron chi connectivity index (χ4n) is 5.51. The Balaban J connectivity index is 1.38. The zero-order valence-electron chi connectivity index (χ0n) is 23.0. The molecule has 13 nitrogen and oxygen atoms in total. The second kappa shape index (κ2) is 9.82. The number of aromatic nitrogens is 7. The van der Waals surface area contributed by atoms with Crippen molar-refractivity contribution in [1.29, 1.82) is 0 Å². The van der Waals surface area contributed by atoms with E-state index in [1.807, 2.05) is 56.3 Å². The summed E-state index contributed by atoms with van der Waals surface area (Å²) in [5.74, 6) is 0.982. The average molecular weight is 595 g/mol. The van der Waals surface area contributed by atoms with Gasteiger partial charge >= 0.3 is 0 Å². The summed E-state index contributed by atoms with van der Waals surface area (Å²) in [6.45, 7) is 3.79. The van der Waals surface area contributed by atoms with E-state index in [9.17, 15) is 13.2 Å². The van der Waals surface area contributed by atoms with Crippen molar-refractivity contribution >= 4 is 49.2 Å². The first-order chi connectivity index (χ1) is 20.7. The lowest BCUT2D eigenvalue weighted by atomic mass is 10.0. The van der Waals surface area contributed by atoms with Gasteiger partial charge in [-0.1, -0.05) is 18.2 Å². The number of para-hydroxylation sites is 1. The van der Waals surface area contributed by atoms with E-state index < -0.39 is 16.3 Å². The quantitative estimate of drug-likeness (QED) is 0.185. The molecule has 2 aromatic carbocycles. The van der Waals surface area contributed by atoms with Crippen molar-refractivity contribution in [2.24, 2.45) is 5.14 Å². The number of nitrogens with one attached hydrogen (secondary N) is 4. The summed E-state index contributed by atoms with van der Waals surface area (Å²) in [5.41, 5.74) is 4.88. The van der Waals surface area contributed by atoms with Gasteiger partial charge < -0.3 is 15.3 Å². The van der Waals surface area contributed by atoms with E-state index in [0.717, 1.165) is 22.1 Å². The van der Waals surface area contributed by atoms with E-state index >= 15 is 0 Å². The van der Waals surface area contributed by atoms with Crippen molar-refractivity contribution < 1.29 is 8.42 Å². The molecule has 0 fully saturated rings. The summed E-state index contributed by atoms with van der Waals surface area (Å²) < 4.78 is 29.2. The first-order valence-electron chi connectivity index (χ1n) is 13.3. The monoisotopic (exact) mass is 594 g/mol. The van der Waals surface area contributed by atoms with Gasteiger partial charge in [0.15, 0.2) is 5.82 Å². The van der Waals surface area contributed by atoms with Crippen molar-refractivity contribution in [3.05, 3.63) is 101 Å². The number of nitrogens with two attached hydrogens (primary N) is 1. The number of fused-ring (bicyclic) bond motifs is 3. The molecular weight excluding hydrogens is 568 g/mol. The fraction of sp³-hybridized carbons (Fsp3) is 0.103. The van der Waals surface area contributed by atoms with Gasteiger partial charge in [-0.25, -0.2) is 19.6 Å². The molecule has 0 saturated heterocycles. The van der Waals surface area contributed by atoms with Gasteiger partial charge in [0, 0.05) is 35.1 Å². The van der Waals surface area contributed by atoms with Gasteiger partial charge in [-0.3, -0.25) is 14.1 Å². The predicted octanol–water partition coefficient (Wildman–Crippen LogP) is 4.00. The highest BCUT2D eigenvalue weighted by molar-refractivity contribution is 7.90. The lowest BCUT2D eigenvalue weighted by molar-refractivity contribution is 0.603. The van der Waals surface area contributed by atoms with Crippen molar-refractivity contribution in [1.82, 2.24) is 34.1 Å². The minimum absolute atomic E-state index is 0.184. The van der Waals surface area contributed by atoms with Crippen LogP contribution < -0.4 is 20.7 Å². The molecule has 7 rings (SSSR count). The number of benzene rings is 2. The largest absolute Gasteiger partial charge is 0.361 e. The van der Waals surface area contributed by atoms with Gasteiger partial charge in [0.1, 0.15) is 23.3 Å². The minimum Gasteiger partial charge on any atom is -0.361 e. The van der Waals surface area contributed by atoms with Crippen LogP contribution in [-0.4, -0.2) is 42.5 Å². The van der Waals surface area contributed by atoms with Gasteiger partial charge in [-0.05, 0) is 61.4 Å². The van der Waals surface area contributed by atoms with Crippen LogP contribution >= 0.6 is 0 Å². The molecule has 0 radical (unpaired) electrons. The fourth-order valence-corrected chi connectivity index (χ4v) is 5.95. The molecule has 7 aromatic rings. The van der Waals surface area contributed by atoms with E-state index in [0.29, 0.717) is 45.1 Å². The number of hydrogen-bond acceptors (Lipinski definition) is 7. The van der Waals surface area contributed by atoms with Gasteiger partial charge in [-0.2, -0.15) is 13.5 Å². The topological polar surface area (TPSA) is 181 Å². The molecule has 0 spiro atoms. The number of hydrogen-bond donors (Lipinski definition) is 5. The third-order valence-electron chi connectivity index (χ3n) is 7.36. The molecule has 0 unspecified atom stereocenters. The number of anilines is 2. The Morgan fingerprint density at radius 2 is 1.84 bits per heavy atom. The summed E-state index contributed by atoms with van der Waals surface area (Å²) in [7, 11) is -4.00. The van der Waals surface area contributed by atoms with Crippen LogP contribution in [0.3, 0.4) is 0 Å². The van der Waals surface area contributed by atoms with E-state index in [-0.39, 0.29) is 5.56 Å². The first kappa shape index (κ1) is 26.4. The summed E-state index contributed by atoms with van der Waals surface area (Å²) in [5, 5.41) is 15.1. The standard InChI is InChI=1S/C29H26N10O3S/c1-16-9-11-38-25(16)29(40)39(19-6-4-3-5-7-19)28(36-38)17(2)35-27-24-22(14-32-26(24)33-15-34-27)21-12-18(37-43(30,41)42)13-23-20(21)8-10-31-23/h3-15,17,31,37H,1-2H3,(H2,30,41,42)(H2,32,33,34,35)/t17-/m1/s1. The molecule has 0 amide bonds. The Labute approximate surface area is 244 Å². The van der Waals surface area contributed by atoms with Crippen LogP contribution in [0.1, 0.15) is 24.4 Å². The smallest absolute Gasteiger partial charge is 0.296 e. The second-order valence-corrected chi connectivity index (χ2v) is 11.5. The molecule has 0 aliphatic carbocycles. The molecular formula is C29H26N10O3S. The average Bonchev–Trinajstić information content (AvgIpc) is 3.71. The predicted molar refractivity (Wildman–Crippen MR) is 165 cm³/mol.